The fraction of sp³-hybridized carbons (Fsp3) is 0.143. The zero-order chi connectivity index (χ0) is 23.2. The first-order chi connectivity index (χ1) is 16.2. The SMILES string of the molecule is CO[Si](OC)(OC)c1ccccc1OC(c1ccccc1)(c1ccccc1)c1ccccc1. The predicted molar refractivity (Wildman–Crippen MR) is 133 cm³/mol. The molecule has 0 aliphatic rings. The van der Waals surface area contributed by atoms with Crippen LogP contribution in [-0.2, 0) is 18.9 Å². The molecule has 0 aliphatic heterocycles. The van der Waals surface area contributed by atoms with Crippen LogP contribution in [0, 0.1) is 0 Å². The Morgan fingerprint density at radius 2 is 0.848 bits per heavy atom. The van der Waals surface area contributed by atoms with Gasteiger partial charge >= 0.3 is 8.80 Å². The Hall–Kier alpha value is -3.22. The molecule has 0 unspecified atom stereocenters. The zero-order valence-electron chi connectivity index (χ0n) is 19.1. The minimum Gasteiger partial charge on any atom is -0.473 e. The summed E-state index contributed by atoms with van der Waals surface area (Å²) < 4.78 is 24.5. The third-order valence-corrected chi connectivity index (χ3v) is 8.51. The van der Waals surface area contributed by atoms with Crippen molar-refractivity contribution in [2.24, 2.45) is 0 Å². The molecule has 4 nitrogen and oxygen atoms in total. The van der Waals surface area contributed by atoms with E-state index in [0.29, 0.717) is 5.75 Å². The maximum absolute atomic E-state index is 7.10. The van der Waals surface area contributed by atoms with Gasteiger partial charge in [-0.2, -0.15) is 0 Å². The van der Waals surface area contributed by atoms with Crippen LogP contribution in [0.2, 0.25) is 0 Å². The van der Waals surface area contributed by atoms with Gasteiger partial charge in [-0.25, -0.2) is 0 Å². The lowest BCUT2D eigenvalue weighted by atomic mass is 9.80. The van der Waals surface area contributed by atoms with E-state index in [0.717, 1.165) is 21.9 Å². The number of rotatable bonds is 9. The molecule has 0 saturated heterocycles. The molecule has 0 atom stereocenters. The van der Waals surface area contributed by atoms with Crippen molar-refractivity contribution in [3.63, 3.8) is 0 Å². The highest BCUT2D eigenvalue weighted by atomic mass is 28.4. The van der Waals surface area contributed by atoms with E-state index < -0.39 is 14.4 Å². The highest BCUT2D eigenvalue weighted by Gasteiger charge is 2.46. The molecule has 0 amide bonds. The van der Waals surface area contributed by atoms with Gasteiger partial charge in [0.15, 0.2) is 5.60 Å². The van der Waals surface area contributed by atoms with Gasteiger partial charge in [-0.1, -0.05) is 109 Å². The van der Waals surface area contributed by atoms with Crippen LogP contribution in [-0.4, -0.2) is 30.1 Å². The molecule has 0 N–H and O–H groups in total. The maximum Gasteiger partial charge on any atom is 0.540 e. The molecule has 0 saturated carbocycles. The summed E-state index contributed by atoms with van der Waals surface area (Å²) in [5, 5.41) is 0.768. The van der Waals surface area contributed by atoms with Gasteiger partial charge < -0.3 is 18.0 Å². The second-order valence-electron chi connectivity index (χ2n) is 7.55. The average molecular weight is 457 g/mol. The van der Waals surface area contributed by atoms with Crippen LogP contribution in [0.15, 0.2) is 115 Å². The number of hydrogen-bond donors (Lipinski definition) is 0. The summed E-state index contributed by atoms with van der Waals surface area (Å²) in [5.41, 5.74) is 2.13. The van der Waals surface area contributed by atoms with E-state index in [1.807, 2.05) is 78.9 Å². The van der Waals surface area contributed by atoms with E-state index in [1.165, 1.54) is 0 Å². The van der Waals surface area contributed by atoms with Crippen molar-refractivity contribution in [2.75, 3.05) is 21.3 Å². The highest BCUT2D eigenvalue weighted by Crippen LogP contribution is 2.41. The largest absolute Gasteiger partial charge is 0.540 e. The lowest BCUT2D eigenvalue weighted by molar-refractivity contribution is 0.132. The molecule has 0 heterocycles. The van der Waals surface area contributed by atoms with E-state index >= 15 is 0 Å². The average Bonchev–Trinajstić information content (AvgIpc) is 2.91. The third-order valence-electron chi connectivity index (χ3n) is 5.83. The van der Waals surface area contributed by atoms with Gasteiger partial charge in [0.2, 0.25) is 0 Å². The van der Waals surface area contributed by atoms with Crippen LogP contribution in [0.3, 0.4) is 0 Å². The molecule has 0 aromatic heterocycles. The molecule has 4 aromatic carbocycles. The molecule has 0 radical (unpaired) electrons. The van der Waals surface area contributed by atoms with Crippen molar-refractivity contribution >= 4 is 14.0 Å². The first-order valence-electron chi connectivity index (χ1n) is 10.8. The Labute approximate surface area is 196 Å². The molecule has 0 fully saturated rings. The molecular formula is C28H28O4Si. The molecule has 0 bridgehead atoms. The molecule has 0 spiro atoms. The van der Waals surface area contributed by atoms with Gasteiger partial charge in [-0.3, -0.25) is 0 Å². The van der Waals surface area contributed by atoms with Gasteiger partial charge in [0.25, 0.3) is 0 Å². The Morgan fingerprint density at radius 3 is 1.24 bits per heavy atom. The van der Waals surface area contributed by atoms with E-state index in [4.69, 9.17) is 18.0 Å². The van der Waals surface area contributed by atoms with Gasteiger partial charge in [-0.05, 0) is 6.07 Å². The fourth-order valence-corrected chi connectivity index (χ4v) is 6.14. The monoisotopic (exact) mass is 456 g/mol. The quantitative estimate of drug-likeness (QED) is 0.258. The molecule has 33 heavy (non-hydrogen) atoms. The Morgan fingerprint density at radius 1 is 0.485 bits per heavy atom. The third kappa shape index (κ3) is 4.24. The summed E-state index contributed by atoms with van der Waals surface area (Å²) in [7, 11) is 1.65. The molecule has 5 heteroatoms. The molecule has 0 aliphatic carbocycles. The summed E-state index contributed by atoms with van der Waals surface area (Å²) in [6.07, 6.45) is 0. The Balaban J connectivity index is 2.01. The second-order valence-corrected chi connectivity index (χ2v) is 10.4. The number of hydrogen-bond acceptors (Lipinski definition) is 4. The first kappa shape index (κ1) is 23.0. The summed E-state index contributed by atoms with van der Waals surface area (Å²) >= 11 is 0. The first-order valence-corrected chi connectivity index (χ1v) is 12.5. The lowest BCUT2D eigenvalue weighted by Crippen LogP contribution is -2.55. The maximum atomic E-state index is 7.10. The second kappa shape index (κ2) is 10.1. The van der Waals surface area contributed by atoms with Crippen LogP contribution >= 0.6 is 0 Å². The van der Waals surface area contributed by atoms with Gasteiger partial charge in [0, 0.05) is 38.0 Å². The smallest absolute Gasteiger partial charge is 0.473 e. The zero-order valence-corrected chi connectivity index (χ0v) is 20.1. The van der Waals surface area contributed by atoms with Crippen molar-refractivity contribution < 1.29 is 18.0 Å². The van der Waals surface area contributed by atoms with Crippen LogP contribution in [0.1, 0.15) is 16.7 Å². The van der Waals surface area contributed by atoms with Crippen LogP contribution in [0.25, 0.3) is 0 Å². The van der Waals surface area contributed by atoms with E-state index in [-0.39, 0.29) is 0 Å². The Bertz CT molecular complexity index is 1040. The Kier molecular flexibility index (Phi) is 7.06. The van der Waals surface area contributed by atoms with Crippen molar-refractivity contribution in [3.05, 3.63) is 132 Å². The van der Waals surface area contributed by atoms with Crippen LogP contribution in [0.5, 0.6) is 5.75 Å². The van der Waals surface area contributed by atoms with E-state index in [9.17, 15) is 0 Å². The topological polar surface area (TPSA) is 36.9 Å². The van der Waals surface area contributed by atoms with Gasteiger partial charge in [0.1, 0.15) is 5.75 Å². The highest BCUT2D eigenvalue weighted by molar-refractivity contribution is 6.76. The minimum atomic E-state index is -3.17. The fourth-order valence-electron chi connectivity index (χ4n) is 4.25. The van der Waals surface area contributed by atoms with Crippen LogP contribution in [0.4, 0.5) is 0 Å². The summed E-state index contributed by atoms with van der Waals surface area (Å²) in [6, 6.07) is 38.6. The van der Waals surface area contributed by atoms with Crippen LogP contribution < -0.4 is 9.92 Å². The minimum absolute atomic E-state index is 0.645. The van der Waals surface area contributed by atoms with E-state index in [2.05, 4.69) is 36.4 Å². The number of benzene rings is 4. The summed E-state index contributed by atoms with van der Waals surface area (Å²) in [6.45, 7) is 0. The van der Waals surface area contributed by atoms with Crippen molar-refractivity contribution in [1.29, 1.82) is 0 Å². The standard InChI is InChI=1S/C28H28O4Si/c1-29-33(30-2,31-3)27-22-14-13-21-26(27)32-28(23-15-7-4-8-16-23,24-17-9-5-10-18-24)25-19-11-6-12-20-25/h4-22H,1-3H3. The van der Waals surface area contributed by atoms with Gasteiger partial charge in [0.05, 0.1) is 5.19 Å². The predicted octanol–water partition coefficient (Wildman–Crippen LogP) is 5.14. The summed E-state index contributed by atoms with van der Waals surface area (Å²) in [5.74, 6) is 0.645. The van der Waals surface area contributed by atoms with Crippen molar-refractivity contribution in [2.45, 2.75) is 5.60 Å². The molecule has 168 valence electrons. The van der Waals surface area contributed by atoms with Gasteiger partial charge in [-0.15, -0.1) is 0 Å². The van der Waals surface area contributed by atoms with Crippen molar-refractivity contribution in [1.82, 2.24) is 0 Å². The molecule has 4 aromatic rings. The molecular weight excluding hydrogens is 428 g/mol. The lowest BCUT2D eigenvalue weighted by Gasteiger charge is -2.38. The molecule has 4 rings (SSSR count). The van der Waals surface area contributed by atoms with E-state index in [1.54, 1.807) is 21.3 Å². The van der Waals surface area contributed by atoms with Crippen molar-refractivity contribution in [3.8, 4) is 5.75 Å². The number of ether oxygens (including phenoxy) is 1. The number of para-hydroxylation sites is 1. The normalized spacial score (nSPS) is 11.8. The summed E-state index contributed by atoms with van der Waals surface area (Å²) in [4.78, 5) is 0.